The van der Waals surface area contributed by atoms with Crippen LogP contribution in [0.3, 0.4) is 0 Å². The van der Waals surface area contributed by atoms with Crippen LogP contribution in [0, 0.1) is 5.92 Å². The van der Waals surface area contributed by atoms with Gasteiger partial charge in [-0.1, -0.05) is 20.3 Å². The van der Waals surface area contributed by atoms with E-state index < -0.39 is 0 Å². The molecule has 3 heteroatoms. The predicted molar refractivity (Wildman–Crippen MR) is 54.2 cm³/mol. The first-order valence-corrected chi connectivity index (χ1v) is 4.90. The molecule has 0 aliphatic heterocycles. The van der Waals surface area contributed by atoms with Gasteiger partial charge >= 0.3 is 0 Å². The van der Waals surface area contributed by atoms with E-state index in [0.29, 0.717) is 5.92 Å². The lowest BCUT2D eigenvalue weighted by atomic mass is 9.95. The summed E-state index contributed by atoms with van der Waals surface area (Å²) < 4.78 is 1.86. The average molecular weight is 181 g/mol. The highest BCUT2D eigenvalue weighted by molar-refractivity contribution is 5.06. The Morgan fingerprint density at radius 3 is 2.77 bits per heavy atom. The number of nitrogens with zero attached hydrogens (tertiary/aromatic N) is 2. The van der Waals surface area contributed by atoms with Gasteiger partial charge in [0.25, 0.3) is 0 Å². The van der Waals surface area contributed by atoms with E-state index in [1.54, 1.807) is 6.20 Å². The number of aromatic nitrogens is 2. The normalized spacial score (nSPS) is 15.7. The van der Waals surface area contributed by atoms with Crippen LogP contribution >= 0.6 is 0 Å². The van der Waals surface area contributed by atoms with Gasteiger partial charge in [0.1, 0.15) is 0 Å². The van der Waals surface area contributed by atoms with Crippen LogP contribution in [-0.2, 0) is 7.05 Å². The molecular weight excluding hydrogens is 162 g/mol. The molecule has 2 unspecified atom stereocenters. The van der Waals surface area contributed by atoms with Gasteiger partial charge < -0.3 is 5.73 Å². The van der Waals surface area contributed by atoms with Crippen molar-refractivity contribution in [2.45, 2.75) is 32.7 Å². The van der Waals surface area contributed by atoms with Crippen molar-refractivity contribution < 1.29 is 0 Å². The second-order valence-electron chi connectivity index (χ2n) is 3.67. The lowest BCUT2D eigenvalue weighted by molar-refractivity contribution is 0.414. The largest absolute Gasteiger partial charge is 0.322 e. The molecule has 74 valence electrons. The summed E-state index contributed by atoms with van der Waals surface area (Å²) in [6.07, 6.45) is 4.16. The first-order valence-electron chi connectivity index (χ1n) is 4.90. The molecule has 2 atom stereocenters. The second-order valence-corrected chi connectivity index (χ2v) is 3.67. The van der Waals surface area contributed by atoms with Gasteiger partial charge in [0.2, 0.25) is 0 Å². The number of aryl methyl sites for hydroxylation is 1. The number of rotatable bonds is 4. The smallest absolute Gasteiger partial charge is 0.0550 e. The molecule has 1 heterocycles. The van der Waals surface area contributed by atoms with E-state index in [-0.39, 0.29) is 6.04 Å². The molecule has 13 heavy (non-hydrogen) atoms. The molecule has 3 nitrogen and oxygen atoms in total. The van der Waals surface area contributed by atoms with E-state index in [9.17, 15) is 0 Å². The van der Waals surface area contributed by atoms with Crippen LogP contribution in [0.15, 0.2) is 12.3 Å². The Morgan fingerprint density at radius 2 is 2.31 bits per heavy atom. The molecule has 2 N–H and O–H groups in total. The molecule has 0 fully saturated rings. The van der Waals surface area contributed by atoms with E-state index in [0.717, 1.165) is 5.69 Å². The number of hydrogen-bond acceptors (Lipinski definition) is 2. The van der Waals surface area contributed by atoms with Crippen LogP contribution in [0.2, 0.25) is 0 Å². The Hall–Kier alpha value is -0.830. The fourth-order valence-corrected chi connectivity index (χ4v) is 1.64. The molecule has 1 aromatic heterocycles. The molecule has 1 rings (SSSR count). The van der Waals surface area contributed by atoms with Gasteiger partial charge in [0.15, 0.2) is 0 Å². The van der Waals surface area contributed by atoms with Crippen molar-refractivity contribution in [1.82, 2.24) is 9.78 Å². The lowest BCUT2D eigenvalue weighted by Crippen LogP contribution is -2.21. The number of nitrogens with two attached hydrogens (primary N) is 1. The van der Waals surface area contributed by atoms with Crippen LogP contribution in [0.4, 0.5) is 0 Å². The maximum atomic E-state index is 6.11. The fourth-order valence-electron chi connectivity index (χ4n) is 1.64. The second kappa shape index (κ2) is 4.42. The third-order valence-corrected chi connectivity index (χ3v) is 2.56. The van der Waals surface area contributed by atoms with Crippen LogP contribution in [0.1, 0.15) is 38.4 Å². The average Bonchev–Trinajstić information content (AvgIpc) is 2.50. The molecule has 0 aromatic carbocycles. The maximum absolute atomic E-state index is 6.11. The molecule has 1 aromatic rings. The highest BCUT2D eigenvalue weighted by atomic mass is 15.3. The topological polar surface area (TPSA) is 43.8 Å². The molecular formula is C10H19N3. The highest BCUT2D eigenvalue weighted by Crippen LogP contribution is 2.21. The summed E-state index contributed by atoms with van der Waals surface area (Å²) >= 11 is 0. The zero-order chi connectivity index (χ0) is 9.84. The van der Waals surface area contributed by atoms with E-state index in [1.807, 2.05) is 17.8 Å². The van der Waals surface area contributed by atoms with Gasteiger partial charge in [-0.15, -0.1) is 0 Å². The van der Waals surface area contributed by atoms with Crippen LogP contribution < -0.4 is 5.73 Å². The Labute approximate surface area is 79.9 Å². The van der Waals surface area contributed by atoms with Crippen molar-refractivity contribution in [3.63, 3.8) is 0 Å². The molecule has 0 spiro atoms. The van der Waals surface area contributed by atoms with Gasteiger partial charge in [-0.05, 0) is 18.4 Å². The molecule has 0 aliphatic carbocycles. The molecule has 0 aliphatic rings. The Balaban J connectivity index is 2.67. The Bertz CT molecular complexity index is 254. The summed E-state index contributed by atoms with van der Waals surface area (Å²) in [6, 6.07) is 2.11. The number of hydrogen-bond donors (Lipinski definition) is 1. The first-order chi connectivity index (χ1) is 6.16. The monoisotopic (exact) mass is 181 g/mol. The third kappa shape index (κ3) is 2.31. The highest BCUT2D eigenvalue weighted by Gasteiger charge is 2.16. The maximum Gasteiger partial charge on any atom is 0.0550 e. The van der Waals surface area contributed by atoms with Crippen LogP contribution in [0.25, 0.3) is 0 Å². The van der Waals surface area contributed by atoms with Gasteiger partial charge in [-0.2, -0.15) is 5.10 Å². The summed E-state index contributed by atoms with van der Waals surface area (Å²) in [4.78, 5) is 0. The van der Waals surface area contributed by atoms with Crippen molar-refractivity contribution in [2.24, 2.45) is 18.7 Å². The van der Waals surface area contributed by atoms with Gasteiger partial charge in [-0.25, -0.2) is 0 Å². The minimum atomic E-state index is 0.118. The fraction of sp³-hybridized carbons (Fsp3) is 0.700. The SMILES string of the molecule is CCCC(C)C(N)c1ccnn1C. The molecule has 0 bridgehead atoms. The lowest BCUT2D eigenvalue weighted by Gasteiger charge is -2.19. The predicted octanol–water partition coefficient (Wildman–Crippen LogP) is 1.86. The summed E-state index contributed by atoms with van der Waals surface area (Å²) in [5.41, 5.74) is 7.23. The van der Waals surface area contributed by atoms with Crippen molar-refractivity contribution in [2.75, 3.05) is 0 Å². The standard InChI is InChI=1S/C10H19N3/c1-4-5-8(2)10(11)9-6-7-12-13(9)3/h6-8,10H,4-5,11H2,1-3H3. The summed E-state index contributed by atoms with van der Waals surface area (Å²) in [7, 11) is 1.94. The van der Waals surface area contributed by atoms with Crippen LogP contribution in [0.5, 0.6) is 0 Å². The molecule has 0 radical (unpaired) electrons. The van der Waals surface area contributed by atoms with Crippen molar-refractivity contribution in [3.05, 3.63) is 18.0 Å². The Morgan fingerprint density at radius 1 is 1.62 bits per heavy atom. The van der Waals surface area contributed by atoms with E-state index in [4.69, 9.17) is 5.73 Å². The summed E-state index contributed by atoms with van der Waals surface area (Å²) in [6.45, 7) is 4.38. The van der Waals surface area contributed by atoms with Crippen molar-refractivity contribution in [3.8, 4) is 0 Å². The van der Waals surface area contributed by atoms with E-state index in [1.165, 1.54) is 12.8 Å². The zero-order valence-corrected chi connectivity index (χ0v) is 8.70. The van der Waals surface area contributed by atoms with E-state index >= 15 is 0 Å². The quantitative estimate of drug-likeness (QED) is 0.770. The molecule has 0 saturated carbocycles. The van der Waals surface area contributed by atoms with Crippen molar-refractivity contribution >= 4 is 0 Å². The zero-order valence-electron chi connectivity index (χ0n) is 8.70. The first kappa shape index (κ1) is 10.3. The van der Waals surface area contributed by atoms with Crippen LogP contribution in [-0.4, -0.2) is 9.78 Å². The molecule has 0 amide bonds. The minimum Gasteiger partial charge on any atom is -0.322 e. The van der Waals surface area contributed by atoms with Gasteiger partial charge in [0.05, 0.1) is 5.69 Å². The summed E-state index contributed by atoms with van der Waals surface area (Å²) in [5.74, 6) is 0.528. The third-order valence-electron chi connectivity index (χ3n) is 2.56. The van der Waals surface area contributed by atoms with Crippen molar-refractivity contribution in [1.29, 1.82) is 0 Å². The minimum absolute atomic E-state index is 0.118. The van der Waals surface area contributed by atoms with E-state index in [2.05, 4.69) is 18.9 Å². The van der Waals surface area contributed by atoms with Gasteiger partial charge in [-0.3, -0.25) is 4.68 Å². The Kier molecular flexibility index (Phi) is 3.48. The molecule has 0 saturated heterocycles. The summed E-state index contributed by atoms with van der Waals surface area (Å²) in [5, 5.41) is 4.12. The van der Waals surface area contributed by atoms with Gasteiger partial charge in [0, 0.05) is 19.3 Å².